The Balaban J connectivity index is 2.46. The fraction of sp³-hybridized carbons (Fsp3) is 0.250. The molecule has 21 heavy (non-hydrogen) atoms. The number of aromatic carboxylic acids is 1. The van der Waals surface area contributed by atoms with Crippen molar-refractivity contribution in [2.75, 3.05) is 0 Å². The highest BCUT2D eigenvalue weighted by Crippen LogP contribution is 2.34. The maximum Gasteiger partial charge on any atom is 0.335 e. The first-order chi connectivity index (χ1) is 9.77. The molecule has 2 aromatic rings. The number of pyridine rings is 1. The van der Waals surface area contributed by atoms with Gasteiger partial charge in [-0.25, -0.2) is 9.78 Å². The second kappa shape index (κ2) is 6.20. The number of aromatic nitrogens is 1. The Hall–Kier alpha value is -1.33. The number of carbonyl (C=O) groups is 1. The molecular weight excluding hydrogens is 350 g/mol. The molecule has 2 rings (SSSR count). The van der Waals surface area contributed by atoms with E-state index in [4.69, 9.17) is 0 Å². The third-order valence-corrected chi connectivity index (χ3v) is 4.82. The van der Waals surface area contributed by atoms with Gasteiger partial charge in [0.05, 0.1) is 5.56 Å². The quantitative estimate of drug-likeness (QED) is 0.831. The molecule has 0 unspecified atom stereocenters. The first-order valence-corrected chi connectivity index (χ1v) is 8.06. The molecule has 0 aliphatic rings. The second-order valence-corrected chi connectivity index (χ2v) is 7.58. The van der Waals surface area contributed by atoms with Crippen LogP contribution in [-0.4, -0.2) is 16.1 Å². The second-order valence-electron chi connectivity index (χ2n) is 5.67. The minimum absolute atomic E-state index is 0.200. The van der Waals surface area contributed by atoms with E-state index in [1.165, 1.54) is 11.8 Å². The Kier molecular flexibility index (Phi) is 4.74. The summed E-state index contributed by atoms with van der Waals surface area (Å²) in [5.74, 6) is -0.933. The molecular formula is C16H16BrNO2S. The largest absolute Gasteiger partial charge is 0.478 e. The van der Waals surface area contributed by atoms with Crippen molar-refractivity contribution in [1.29, 1.82) is 0 Å². The van der Waals surface area contributed by atoms with Crippen LogP contribution in [-0.2, 0) is 5.41 Å². The number of carboxylic acid groups (broad SMARTS) is 1. The Morgan fingerprint density at radius 1 is 1.24 bits per heavy atom. The van der Waals surface area contributed by atoms with E-state index in [0.717, 1.165) is 15.1 Å². The van der Waals surface area contributed by atoms with E-state index in [1.54, 1.807) is 12.1 Å². The first kappa shape index (κ1) is 16.0. The molecule has 0 amide bonds. The molecule has 3 nitrogen and oxygen atoms in total. The fourth-order valence-electron chi connectivity index (χ4n) is 1.71. The predicted octanol–water partition coefficient (Wildman–Crippen LogP) is 4.99. The van der Waals surface area contributed by atoms with Gasteiger partial charge < -0.3 is 5.11 Å². The molecule has 0 radical (unpaired) electrons. The summed E-state index contributed by atoms with van der Waals surface area (Å²) in [5.41, 5.74) is 0.843. The zero-order valence-electron chi connectivity index (χ0n) is 12.1. The van der Waals surface area contributed by atoms with Gasteiger partial charge in [-0.15, -0.1) is 0 Å². The summed E-state index contributed by atoms with van der Waals surface area (Å²) >= 11 is 4.95. The molecule has 1 aromatic heterocycles. The van der Waals surface area contributed by atoms with Crippen molar-refractivity contribution in [3.63, 3.8) is 0 Å². The Morgan fingerprint density at radius 3 is 2.48 bits per heavy atom. The highest BCUT2D eigenvalue weighted by Gasteiger charge is 2.19. The Labute approximate surface area is 136 Å². The summed E-state index contributed by atoms with van der Waals surface area (Å²) < 4.78 is 0.967. The Bertz CT molecular complexity index is 680. The highest BCUT2D eigenvalue weighted by molar-refractivity contribution is 9.10. The van der Waals surface area contributed by atoms with E-state index >= 15 is 0 Å². The van der Waals surface area contributed by atoms with Crippen LogP contribution in [0.1, 0.15) is 36.8 Å². The van der Waals surface area contributed by atoms with E-state index < -0.39 is 5.97 Å². The van der Waals surface area contributed by atoms with Crippen molar-refractivity contribution < 1.29 is 9.90 Å². The van der Waals surface area contributed by atoms with Crippen LogP contribution in [0.25, 0.3) is 0 Å². The van der Waals surface area contributed by atoms with Gasteiger partial charge in [-0.2, -0.15) is 0 Å². The fourth-order valence-corrected chi connectivity index (χ4v) is 3.10. The van der Waals surface area contributed by atoms with Gasteiger partial charge in [-0.3, -0.25) is 0 Å². The summed E-state index contributed by atoms with van der Waals surface area (Å²) in [6.45, 7) is 6.07. The summed E-state index contributed by atoms with van der Waals surface area (Å²) in [6, 6.07) is 11.1. The van der Waals surface area contributed by atoms with Gasteiger partial charge in [0.2, 0.25) is 0 Å². The molecule has 0 saturated carbocycles. The summed E-state index contributed by atoms with van der Waals surface area (Å²) in [5, 5.41) is 9.96. The monoisotopic (exact) mass is 365 g/mol. The van der Waals surface area contributed by atoms with E-state index in [0.29, 0.717) is 5.03 Å². The first-order valence-electron chi connectivity index (χ1n) is 6.45. The van der Waals surface area contributed by atoms with Gasteiger partial charge in [0.15, 0.2) is 0 Å². The average molecular weight is 366 g/mol. The number of hydrogen-bond donors (Lipinski definition) is 1. The average Bonchev–Trinajstić information content (AvgIpc) is 2.40. The normalized spacial score (nSPS) is 11.4. The summed E-state index contributed by atoms with van der Waals surface area (Å²) in [6.07, 6.45) is 0. The molecule has 0 saturated heterocycles. The van der Waals surface area contributed by atoms with E-state index in [1.807, 2.05) is 45.0 Å². The van der Waals surface area contributed by atoms with Crippen LogP contribution in [0.2, 0.25) is 0 Å². The minimum atomic E-state index is -0.933. The van der Waals surface area contributed by atoms with Crippen LogP contribution in [0.15, 0.2) is 50.8 Å². The number of nitrogens with zero attached hydrogens (tertiary/aromatic N) is 1. The number of halogens is 1. The van der Waals surface area contributed by atoms with Gasteiger partial charge >= 0.3 is 5.97 Å². The summed E-state index contributed by atoms with van der Waals surface area (Å²) in [7, 11) is 0. The molecule has 5 heteroatoms. The molecule has 1 N–H and O–H groups in total. The molecule has 110 valence electrons. The molecule has 1 heterocycles. The van der Waals surface area contributed by atoms with Crippen LogP contribution in [0.5, 0.6) is 0 Å². The topological polar surface area (TPSA) is 50.2 Å². The minimum Gasteiger partial charge on any atom is -0.478 e. The highest BCUT2D eigenvalue weighted by atomic mass is 79.9. The third-order valence-electron chi connectivity index (χ3n) is 2.87. The number of benzene rings is 1. The van der Waals surface area contributed by atoms with Crippen molar-refractivity contribution in [2.45, 2.75) is 36.1 Å². The van der Waals surface area contributed by atoms with Crippen molar-refractivity contribution in [1.82, 2.24) is 4.98 Å². The zero-order chi connectivity index (χ0) is 15.6. The lowest BCUT2D eigenvalue weighted by Gasteiger charge is -2.19. The number of rotatable bonds is 3. The van der Waals surface area contributed by atoms with Gasteiger partial charge in [-0.1, -0.05) is 44.7 Å². The van der Waals surface area contributed by atoms with Crippen molar-refractivity contribution in [3.05, 3.63) is 52.1 Å². The van der Waals surface area contributed by atoms with Crippen LogP contribution >= 0.6 is 27.7 Å². The van der Waals surface area contributed by atoms with E-state index in [9.17, 15) is 9.90 Å². The molecule has 0 aliphatic heterocycles. The standard InChI is InChI=1S/C16H16BrNO2S/c1-16(2,3)13-8-10(15(19)20)9-14(18-13)21-12-7-5-4-6-11(12)17/h4-9H,1-3H3,(H,19,20). The third kappa shape index (κ3) is 4.08. The molecule has 0 atom stereocenters. The molecule has 1 aromatic carbocycles. The number of carboxylic acids is 1. The maximum absolute atomic E-state index is 11.3. The van der Waals surface area contributed by atoms with Crippen LogP contribution in [0.3, 0.4) is 0 Å². The lowest BCUT2D eigenvalue weighted by atomic mass is 9.91. The van der Waals surface area contributed by atoms with Crippen LogP contribution in [0.4, 0.5) is 0 Å². The smallest absolute Gasteiger partial charge is 0.335 e. The van der Waals surface area contributed by atoms with Crippen LogP contribution in [0, 0.1) is 0 Å². The lowest BCUT2D eigenvalue weighted by molar-refractivity contribution is 0.0696. The maximum atomic E-state index is 11.3. The van der Waals surface area contributed by atoms with Gasteiger partial charge in [-0.05, 0) is 40.2 Å². The van der Waals surface area contributed by atoms with Gasteiger partial charge in [0.1, 0.15) is 5.03 Å². The van der Waals surface area contributed by atoms with Crippen molar-refractivity contribution >= 4 is 33.7 Å². The SMILES string of the molecule is CC(C)(C)c1cc(C(=O)O)cc(Sc2ccccc2Br)n1. The molecule has 0 spiro atoms. The van der Waals surface area contributed by atoms with Gasteiger partial charge in [0, 0.05) is 20.5 Å². The van der Waals surface area contributed by atoms with Crippen LogP contribution < -0.4 is 0 Å². The number of hydrogen-bond acceptors (Lipinski definition) is 3. The molecule has 0 bridgehead atoms. The van der Waals surface area contributed by atoms with Crippen molar-refractivity contribution in [3.8, 4) is 0 Å². The predicted molar refractivity (Wildman–Crippen MR) is 88.2 cm³/mol. The Morgan fingerprint density at radius 2 is 1.90 bits per heavy atom. The molecule has 0 aliphatic carbocycles. The van der Waals surface area contributed by atoms with E-state index in [2.05, 4.69) is 20.9 Å². The van der Waals surface area contributed by atoms with E-state index in [-0.39, 0.29) is 11.0 Å². The van der Waals surface area contributed by atoms with Gasteiger partial charge in [0.25, 0.3) is 0 Å². The lowest BCUT2D eigenvalue weighted by Crippen LogP contribution is -2.15. The van der Waals surface area contributed by atoms with Crippen molar-refractivity contribution in [2.24, 2.45) is 0 Å². The molecule has 0 fully saturated rings. The zero-order valence-corrected chi connectivity index (χ0v) is 14.5. The summed E-state index contributed by atoms with van der Waals surface area (Å²) in [4.78, 5) is 16.9.